The molecule has 0 spiro atoms. The average molecular weight is 202 g/mol. The summed E-state index contributed by atoms with van der Waals surface area (Å²) in [7, 11) is 0. The minimum absolute atomic E-state index is 0.245. The van der Waals surface area contributed by atoms with E-state index >= 15 is 0 Å². The quantitative estimate of drug-likeness (QED) is 0.545. The van der Waals surface area contributed by atoms with Crippen molar-refractivity contribution in [1.29, 1.82) is 0 Å². The van der Waals surface area contributed by atoms with E-state index in [-0.39, 0.29) is 11.1 Å². The van der Waals surface area contributed by atoms with Crippen LogP contribution in [0.3, 0.4) is 0 Å². The number of aldehydes is 2. The zero-order valence-corrected chi connectivity index (χ0v) is 7.60. The van der Waals surface area contributed by atoms with Crippen molar-refractivity contribution in [3.63, 3.8) is 0 Å². The molecule has 0 aliphatic rings. The number of fused-ring (bicyclic) bond motifs is 1. The fourth-order valence-electron chi connectivity index (χ4n) is 1.38. The molecule has 0 aliphatic heterocycles. The molecular formula is C11H6O4. The molecule has 0 bridgehead atoms. The first-order valence-electron chi connectivity index (χ1n) is 4.23. The van der Waals surface area contributed by atoms with Crippen molar-refractivity contribution in [1.82, 2.24) is 0 Å². The standard InChI is InChI=1S/C11H6O4/c12-5-7-1-2-9-8(6-13)4-11(14)15-10(9)3-7/h1-6H. The summed E-state index contributed by atoms with van der Waals surface area (Å²) in [6.45, 7) is 0. The maximum absolute atomic E-state index is 11.0. The van der Waals surface area contributed by atoms with Gasteiger partial charge in [0.1, 0.15) is 11.9 Å². The molecule has 0 aliphatic carbocycles. The lowest BCUT2D eigenvalue weighted by Gasteiger charge is -1.99. The molecule has 2 aromatic rings. The minimum Gasteiger partial charge on any atom is -0.423 e. The summed E-state index contributed by atoms with van der Waals surface area (Å²) in [5.41, 5.74) is 0.300. The van der Waals surface area contributed by atoms with Crippen LogP contribution in [-0.2, 0) is 0 Å². The number of benzene rings is 1. The van der Waals surface area contributed by atoms with Gasteiger partial charge < -0.3 is 4.42 Å². The predicted octanol–water partition coefficient (Wildman–Crippen LogP) is 1.42. The Labute approximate surface area is 84.1 Å². The summed E-state index contributed by atoms with van der Waals surface area (Å²) >= 11 is 0. The smallest absolute Gasteiger partial charge is 0.336 e. The molecule has 1 aromatic carbocycles. The third-order valence-corrected chi connectivity index (χ3v) is 2.06. The fraction of sp³-hybridized carbons (Fsp3) is 0. The van der Waals surface area contributed by atoms with Crippen LogP contribution in [0.25, 0.3) is 11.0 Å². The van der Waals surface area contributed by atoms with Gasteiger partial charge in [0, 0.05) is 22.6 Å². The molecule has 0 saturated carbocycles. The SMILES string of the molecule is O=Cc1ccc2c(C=O)cc(=O)oc2c1. The van der Waals surface area contributed by atoms with Crippen molar-refractivity contribution in [2.24, 2.45) is 0 Å². The maximum Gasteiger partial charge on any atom is 0.336 e. The summed E-state index contributed by atoms with van der Waals surface area (Å²) in [5.74, 6) is 0. The largest absolute Gasteiger partial charge is 0.423 e. The van der Waals surface area contributed by atoms with Gasteiger partial charge in [-0.05, 0) is 12.1 Å². The molecule has 0 radical (unpaired) electrons. The molecule has 2 rings (SSSR count). The molecule has 15 heavy (non-hydrogen) atoms. The Kier molecular flexibility index (Phi) is 2.17. The lowest BCUT2D eigenvalue weighted by atomic mass is 10.1. The second-order valence-electron chi connectivity index (χ2n) is 3.01. The molecule has 4 heteroatoms. The van der Waals surface area contributed by atoms with Gasteiger partial charge in [-0.3, -0.25) is 9.59 Å². The van der Waals surface area contributed by atoms with Crippen molar-refractivity contribution < 1.29 is 14.0 Å². The molecule has 0 fully saturated rings. The minimum atomic E-state index is -0.604. The molecule has 74 valence electrons. The van der Waals surface area contributed by atoms with Crippen LogP contribution in [0, 0.1) is 0 Å². The van der Waals surface area contributed by atoms with E-state index in [0.29, 0.717) is 23.5 Å². The van der Waals surface area contributed by atoms with Crippen LogP contribution in [0.5, 0.6) is 0 Å². The number of rotatable bonds is 2. The normalized spacial score (nSPS) is 10.1. The Bertz CT molecular complexity index is 595. The summed E-state index contributed by atoms with van der Waals surface area (Å²) in [6.07, 6.45) is 1.23. The van der Waals surface area contributed by atoms with Crippen molar-refractivity contribution in [2.45, 2.75) is 0 Å². The fourth-order valence-corrected chi connectivity index (χ4v) is 1.38. The Morgan fingerprint density at radius 3 is 2.53 bits per heavy atom. The van der Waals surface area contributed by atoms with Crippen LogP contribution in [-0.4, -0.2) is 12.6 Å². The van der Waals surface area contributed by atoms with E-state index in [1.165, 1.54) is 6.07 Å². The molecule has 1 heterocycles. The van der Waals surface area contributed by atoms with Crippen LogP contribution in [0.1, 0.15) is 20.7 Å². The molecule has 1 aromatic heterocycles. The lowest BCUT2D eigenvalue weighted by Crippen LogP contribution is -2.00. The van der Waals surface area contributed by atoms with E-state index in [0.717, 1.165) is 6.07 Å². The average Bonchev–Trinajstić information content (AvgIpc) is 2.26. The highest BCUT2D eigenvalue weighted by atomic mass is 16.4. The Morgan fingerprint density at radius 1 is 1.07 bits per heavy atom. The van der Waals surface area contributed by atoms with Crippen molar-refractivity contribution >= 4 is 23.5 Å². The van der Waals surface area contributed by atoms with Gasteiger partial charge in [-0.1, -0.05) is 6.07 Å². The number of carbonyl (C=O) groups excluding carboxylic acids is 2. The van der Waals surface area contributed by atoms with Crippen LogP contribution in [0.15, 0.2) is 33.5 Å². The highest BCUT2D eigenvalue weighted by Gasteiger charge is 2.05. The first kappa shape index (κ1) is 9.33. The predicted molar refractivity (Wildman–Crippen MR) is 53.3 cm³/mol. The first-order chi connectivity index (χ1) is 7.24. The zero-order valence-electron chi connectivity index (χ0n) is 7.60. The molecule has 0 saturated heterocycles. The molecule has 0 atom stereocenters. The van der Waals surface area contributed by atoms with E-state index in [4.69, 9.17) is 4.42 Å². The molecule has 0 amide bonds. The van der Waals surface area contributed by atoms with E-state index < -0.39 is 5.63 Å². The molecule has 4 nitrogen and oxygen atoms in total. The summed E-state index contributed by atoms with van der Waals surface area (Å²) < 4.78 is 4.87. The zero-order chi connectivity index (χ0) is 10.8. The third-order valence-electron chi connectivity index (χ3n) is 2.06. The highest BCUT2D eigenvalue weighted by Crippen LogP contribution is 2.16. The van der Waals surface area contributed by atoms with Gasteiger partial charge in [-0.25, -0.2) is 4.79 Å². The van der Waals surface area contributed by atoms with Crippen LogP contribution >= 0.6 is 0 Å². The molecule has 0 N–H and O–H groups in total. The van der Waals surface area contributed by atoms with Crippen LogP contribution < -0.4 is 5.63 Å². The summed E-state index contributed by atoms with van der Waals surface area (Å²) in [6, 6.07) is 5.68. The topological polar surface area (TPSA) is 64.3 Å². The summed E-state index contributed by atoms with van der Waals surface area (Å²) in [5, 5.41) is 0.523. The van der Waals surface area contributed by atoms with E-state index in [9.17, 15) is 14.4 Å². The maximum atomic E-state index is 11.0. The monoisotopic (exact) mass is 202 g/mol. The summed E-state index contributed by atoms with van der Waals surface area (Å²) in [4.78, 5) is 32.2. The number of hydrogen-bond donors (Lipinski definition) is 0. The number of hydrogen-bond acceptors (Lipinski definition) is 4. The second-order valence-corrected chi connectivity index (χ2v) is 3.01. The Morgan fingerprint density at radius 2 is 1.87 bits per heavy atom. The van der Waals surface area contributed by atoms with Gasteiger partial charge in [-0.15, -0.1) is 0 Å². The molecular weight excluding hydrogens is 196 g/mol. The number of carbonyl (C=O) groups is 2. The van der Waals surface area contributed by atoms with Crippen LogP contribution in [0.2, 0.25) is 0 Å². The first-order valence-corrected chi connectivity index (χ1v) is 4.23. The van der Waals surface area contributed by atoms with Crippen molar-refractivity contribution in [2.75, 3.05) is 0 Å². The highest BCUT2D eigenvalue weighted by molar-refractivity contribution is 5.96. The van der Waals surface area contributed by atoms with Gasteiger partial charge in [0.25, 0.3) is 0 Å². The van der Waals surface area contributed by atoms with Gasteiger partial charge in [-0.2, -0.15) is 0 Å². The second kappa shape index (κ2) is 3.49. The van der Waals surface area contributed by atoms with Gasteiger partial charge in [0.2, 0.25) is 0 Å². The Hall–Kier alpha value is -2.23. The van der Waals surface area contributed by atoms with Gasteiger partial charge in [0.05, 0.1) is 0 Å². The van der Waals surface area contributed by atoms with Gasteiger partial charge in [0.15, 0.2) is 6.29 Å². The van der Waals surface area contributed by atoms with E-state index in [1.807, 2.05) is 0 Å². The van der Waals surface area contributed by atoms with Crippen LogP contribution in [0.4, 0.5) is 0 Å². The Balaban J connectivity index is 2.89. The van der Waals surface area contributed by atoms with E-state index in [1.54, 1.807) is 12.1 Å². The third kappa shape index (κ3) is 1.57. The van der Waals surface area contributed by atoms with Crippen molar-refractivity contribution in [3.05, 3.63) is 45.8 Å². The molecule has 0 unspecified atom stereocenters. The lowest BCUT2D eigenvalue weighted by molar-refractivity contribution is 0.111. The van der Waals surface area contributed by atoms with Crippen molar-refractivity contribution in [3.8, 4) is 0 Å². The van der Waals surface area contributed by atoms with E-state index in [2.05, 4.69) is 0 Å². The van der Waals surface area contributed by atoms with Gasteiger partial charge >= 0.3 is 5.63 Å².